The molecule has 0 unspecified atom stereocenters. The molecule has 1 aromatic rings. The molecule has 0 radical (unpaired) electrons. The summed E-state index contributed by atoms with van der Waals surface area (Å²) in [6, 6.07) is 1.59. The highest BCUT2D eigenvalue weighted by Gasteiger charge is 2.51. The van der Waals surface area contributed by atoms with E-state index in [2.05, 4.69) is 10.3 Å². The Balaban J connectivity index is 1.64. The molecule has 4 fully saturated rings. The molecule has 4 aliphatic carbocycles. The van der Waals surface area contributed by atoms with E-state index in [9.17, 15) is 9.90 Å². The smallest absolute Gasteiger partial charge is 0.337 e. The zero-order chi connectivity index (χ0) is 13.7. The van der Waals surface area contributed by atoms with Crippen molar-refractivity contribution in [3.63, 3.8) is 0 Å². The Morgan fingerprint density at radius 1 is 1.20 bits per heavy atom. The fourth-order valence-corrected chi connectivity index (χ4v) is 5.23. The molecule has 20 heavy (non-hydrogen) atoms. The van der Waals surface area contributed by atoms with Crippen LogP contribution in [0.4, 0.5) is 5.69 Å². The first-order valence-electron chi connectivity index (χ1n) is 7.59. The van der Waals surface area contributed by atoms with E-state index in [-0.39, 0.29) is 5.54 Å². The summed E-state index contributed by atoms with van der Waals surface area (Å²) in [4.78, 5) is 15.4. The minimum absolute atomic E-state index is 0.127. The molecule has 5 rings (SSSR count). The maximum Gasteiger partial charge on any atom is 0.337 e. The Labute approximate surface area is 118 Å². The van der Waals surface area contributed by atoms with Crippen molar-refractivity contribution in [2.45, 2.75) is 44.1 Å². The number of pyridine rings is 1. The molecule has 4 bridgehead atoms. The monoisotopic (exact) mass is 272 g/mol. The highest BCUT2D eigenvalue weighted by molar-refractivity contribution is 5.94. The number of hydrogen-bond acceptors (Lipinski definition) is 3. The third kappa shape index (κ3) is 1.89. The molecule has 0 spiro atoms. The van der Waals surface area contributed by atoms with Gasteiger partial charge in [0.25, 0.3) is 0 Å². The number of nitrogens with zero attached hydrogens (tertiary/aromatic N) is 1. The van der Waals surface area contributed by atoms with Crippen LogP contribution in [0.15, 0.2) is 18.5 Å². The van der Waals surface area contributed by atoms with Gasteiger partial charge in [-0.1, -0.05) is 0 Å². The first kappa shape index (κ1) is 12.2. The molecule has 4 nitrogen and oxygen atoms in total. The van der Waals surface area contributed by atoms with E-state index in [4.69, 9.17) is 0 Å². The number of aromatic carboxylic acids is 1. The van der Waals surface area contributed by atoms with Gasteiger partial charge in [-0.05, 0) is 62.3 Å². The van der Waals surface area contributed by atoms with Crippen LogP contribution in [-0.2, 0) is 0 Å². The van der Waals surface area contributed by atoms with Crippen molar-refractivity contribution in [3.8, 4) is 0 Å². The van der Waals surface area contributed by atoms with Crippen LogP contribution >= 0.6 is 0 Å². The lowest BCUT2D eigenvalue weighted by Crippen LogP contribution is -2.54. The van der Waals surface area contributed by atoms with Crippen LogP contribution in [0.3, 0.4) is 0 Å². The van der Waals surface area contributed by atoms with E-state index in [1.165, 1.54) is 38.5 Å². The average Bonchev–Trinajstić information content (AvgIpc) is 2.36. The number of rotatable bonds is 3. The first-order valence-corrected chi connectivity index (χ1v) is 7.59. The summed E-state index contributed by atoms with van der Waals surface area (Å²) in [5.41, 5.74) is 1.17. The normalized spacial score (nSPS) is 37.9. The van der Waals surface area contributed by atoms with Gasteiger partial charge in [-0.25, -0.2) is 4.79 Å². The maximum absolute atomic E-state index is 11.3. The highest BCUT2D eigenvalue weighted by Crippen LogP contribution is 2.56. The summed E-state index contributed by atoms with van der Waals surface area (Å²) in [6.45, 7) is 0. The van der Waals surface area contributed by atoms with Gasteiger partial charge in [0.05, 0.1) is 17.4 Å². The number of nitrogens with one attached hydrogen (secondary N) is 1. The molecule has 0 amide bonds. The van der Waals surface area contributed by atoms with E-state index in [0.717, 1.165) is 17.8 Å². The van der Waals surface area contributed by atoms with Crippen molar-refractivity contribution >= 4 is 11.7 Å². The second kappa shape index (κ2) is 4.21. The SMILES string of the molecule is O=C(O)c1ccncc1NC12CC3CC(CC(C3)C1)C2. The minimum Gasteiger partial charge on any atom is -0.478 e. The zero-order valence-corrected chi connectivity index (χ0v) is 11.5. The van der Waals surface area contributed by atoms with Crippen molar-refractivity contribution in [3.05, 3.63) is 24.0 Å². The van der Waals surface area contributed by atoms with Crippen molar-refractivity contribution < 1.29 is 9.90 Å². The van der Waals surface area contributed by atoms with Gasteiger partial charge in [0.2, 0.25) is 0 Å². The van der Waals surface area contributed by atoms with Crippen LogP contribution in [0.1, 0.15) is 48.9 Å². The number of carbonyl (C=O) groups is 1. The number of aromatic nitrogens is 1. The van der Waals surface area contributed by atoms with E-state index in [1.54, 1.807) is 18.5 Å². The summed E-state index contributed by atoms with van der Waals surface area (Å²) in [6.07, 6.45) is 11.0. The van der Waals surface area contributed by atoms with Gasteiger partial charge in [0, 0.05) is 11.7 Å². The molecule has 0 aromatic carbocycles. The van der Waals surface area contributed by atoms with Gasteiger partial charge in [0.15, 0.2) is 0 Å². The number of carboxylic acids is 1. The third-order valence-corrected chi connectivity index (χ3v) is 5.49. The van der Waals surface area contributed by atoms with Crippen molar-refractivity contribution in [1.82, 2.24) is 4.98 Å². The van der Waals surface area contributed by atoms with E-state index >= 15 is 0 Å². The standard InChI is InChI=1S/C16H20N2O2/c19-15(20)13-1-2-17-9-14(13)18-16-6-10-3-11(7-16)5-12(4-10)8-16/h1-2,9-12,18H,3-8H2,(H,19,20). The van der Waals surface area contributed by atoms with Crippen LogP contribution in [0, 0.1) is 17.8 Å². The lowest BCUT2D eigenvalue weighted by atomic mass is 9.53. The summed E-state index contributed by atoms with van der Waals surface area (Å²) in [7, 11) is 0. The molecule has 4 saturated carbocycles. The Morgan fingerprint density at radius 3 is 2.35 bits per heavy atom. The summed E-state index contributed by atoms with van der Waals surface area (Å²) in [5.74, 6) is 1.66. The number of anilines is 1. The molecule has 4 heteroatoms. The molecule has 1 heterocycles. The lowest BCUT2D eigenvalue weighted by Gasteiger charge is -2.57. The largest absolute Gasteiger partial charge is 0.478 e. The van der Waals surface area contributed by atoms with E-state index < -0.39 is 5.97 Å². The fourth-order valence-electron chi connectivity index (χ4n) is 5.23. The second-order valence-electron chi connectivity index (χ2n) is 7.05. The van der Waals surface area contributed by atoms with Crippen LogP contribution in [0.25, 0.3) is 0 Å². The molecule has 0 aliphatic heterocycles. The van der Waals surface area contributed by atoms with Gasteiger partial charge in [-0.2, -0.15) is 0 Å². The second-order valence-corrected chi connectivity index (χ2v) is 7.05. The molecule has 2 N–H and O–H groups in total. The quantitative estimate of drug-likeness (QED) is 0.887. The molecule has 4 aliphatic rings. The molecular formula is C16H20N2O2. The van der Waals surface area contributed by atoms with Crippen LogP contribution in [0.2, 0.25) is 0 Å². The van der Waals surface area contributed by atoms with E-state index in [0.29, 0.717) is 11.3 Å². The molecule has 0 atom stereocenters. The van der Waals surface area contributed by atoms with Crippen LogP contribution < -0.4 is 5.32 Å². The Morgan fingerprint density at radius 2 is 1.80 bits per heavy atom. The third-order valence-electron chi connectivity index (χ3n) is 5.49. The maximum atomic E-state index is 11.3. The summed E-state index contributed by atoms with van der Waals surface area (Å²) < 4.78 is 0. The first-order chi connectivity index (χ1) is 9.63. The average molecular weight is 272 g/mol. The Bertz CT molecular complexity index is 520. The predicted octanol–water partition coefficient (Wildman–Crippen LogP) is 3.16. The molecule has 1 aromatic heterocycles. The van der Waals surface area contributed by atoms with Crippen molar-refractivity contribution in [2.24, 2.45) is 17.8 Å². The van der Waals surface area contributed by atoms with Crippen molar-refractivity contribution in [1.29, 1.82) is 0 Å². The zero-order valence-electron chi connectivity index (χ0n) is 11.5. The summed E-state index contributed by atoms with van der Waals surface area (Å²) in [5, 5.41) is 12.9. The highest BCUT2D eigenvalue weighted by atomic mass is 16.4. The summed E-state index contributed by atoms with van der Waals surface area (Å²) >= 11 is 0. The number of carboxylic acid groups (broad SMARTS) is 1. The molecule has 106 valence electrons. The lowest BCUT2D eigenvalue weighted by molar-refractivity contribution is 0.0106. The van der Waals surface area contributed by atoms with Gasteiger partial charge < -0.3 is 10.4 Å². The van der Waals surface area contributed by atoms with Crippen LogP contribution in [-0.4, -0.2) is 21.6 Å². The predicted molar refractivity (Wildman–Crippen MR) is 75.7 cm³/mol. The van der Waals surface area contributed by atoms with Crippen LogP contribution in [0.5, 0.6) is 0 Å². The van der Waals surface area contributed by atoms with Gasteiger partial charge in [-0.15, -0.1) is 0 Å². The van der Waals surface area contributed by atoms with Gasteiger partial charge in [-0.3, -0.25) is 4.98 Å². The molecular weight excluding hydrogens is 252 g/mol. The minimum atomic E-state index is -0.875. The van der Waals surface area contributed by atoms with Crippen molar-refractivity contribution in [2.75, 3.05) is 5.32 Å². The Hall–Kier alpha value is -1.58. The van der Waals surface area contributed by atoms with Gasteiger partial charge >= 0.3 is 5.97 Å². The fraction of sp³-hybridized carbons (Fsp3) is 0.625. The Kier molecular flexibility index (Phi) is 2.56. The molecule has 0 saturated heterocycles. The van der Waals surface area contributed by atoms with E-state index in [1.807, 2.05) is 0 Å². The number of hydrogen-bond donors (Lipinski definition) is 2. The van der Waals surface area contributed by atoms with Gasteiger partial charge in [0.1, 0.15) is 0 Å². The topological polar surface area (TPSA) is 62.2 Å².